The van der Waals surface area contributed by atoms with E-state index in [-0.39, 0.29) is 11.2 Å². The molecule has 94 valence electrons. The standard InChI is InChI=1S/C14H21NO2/c1-10-7-11(8-12(16)13(10)17-2)14(9-15)5-3-4-6-14/h7-8,16H,3-6,9,15H2,1-2H3. The van der Waals surface area contributed by atoms with E-state index in [1.807, 2.05) is 13.0 Å². The third-order valence-electron chi connectivity index (χ3n) is 4.02. The monoisotopic (exact) mass is 235 g/mol. The van der Waals surface area contributed by atoms with E-state index in [9.17, 15) is 5.11 Å². The number of hydrogen-bond acceptors (Lipinski definition) is 3. The normalized spacial score (nSPS) is 18.3. The number of methoxy groups -OCH3 is 1. The highest BCUT2D eigenvalue weighted by molar-refractivity contribution is 5.50. The molecule has 1 fully saturated rings. The zero-order chi connectivity index (χ0) is 12.5. The second-order valence-electron chi connectivity index (χ2n) is 5.04. The molecule has 0 aromatic heterocycles. The molecular weight excluding hydrogens is 214 g/mol. The molecule has 1 saturated carbocycles. The quantitative estimate of drug-likeness (QED) is 0.846. The second kappa shape index (κ2) is 4.57. The van der Waals surface area contributed by atoms with Crippen molar-refractivity contribution in [1.82, 2.24) is 0 Å². The molecule has 1 aromatic rings. The van der Waals surface area contributed by atoms with Crippen molar-refractivity contribution in [3.8, 4) is 11.5 Å². The highest BCUT2D eigenvalue weighted by Crippen LogP contribution is 2.43. The van der Waals surface area contributed by atoms with Gasteiger partial charge in [0.05, 0.1) is 7.11 Å². The summed E-state index contributed by atoms with van der Waals surface area (Å²) in [4.78, 5) is 0. The molecule has 0 unspecified atom stereocenters. The van der Waals surface area contributed by atoms with E-state index in [0.717, 1.165) is 24.0 Å². The molecule has 0 aliphatic heterocycles. The Bertz CT molecular complexity index is 386. The number of hydrogen-bond donors (Lipinski definition) is 2. The summed E-state index contributed by atoms with van der Waals surface area (Å²) in [6, 6.07) is 3.93. The van der Waals surface area contributed by atoms with Crippen LogP contribution < -0.4 is 10.5 Å². The highest BCUT2D eigenvalue weighted by Gasteiger charge is 2.35. The summed E-state index contributed by atoms with van der Waals surface area (Å²) in [6.07, 6.45) is 4.69. The number of phenolic OH excluding ortho intramolecular Hbond substituents is 1. The summed E-state index contributed by atoms with van der Waals surface area (Å²) in [5.74, 6) is 0.793. The molecule has 1 aliphatic carbocycles. The SMILES string of the molecule is COc1c(C)cc(C2(CN)CCCC2)cc1O. The summed E-state index contributed by atoms with van der Waals surface area (Å²) in [7, 11) is 1.58. The van der Waals surface area contributed by atoms with Gasteiger partial charge in [-0.1, -0.05) is 18.9 Å². The number of aromatic hydroxyl groups is 1. The number of nitrogens with two attached hydrogens (primary N) is 1. The van der Waals surface area contributed by atoms with Gasteiger partial charge in [-0.05, 0) is 37.0 Å². The van der Waals surface area contributed by atoms with Crippen molar-refractivity contribution in [2.75, 3.05) is 13.7 Å². The molecule has 0 amide bonds. The Morgan fingerprint density at radius 2 is 2.00 bits per heavy atom. The number of benzene rings is 1. The molecule has 3 N–H and O–H groups in total. The van der Waals surface area contributed by atoms with Crippen molar-refractivity contribution in [2.45, 2.75) is 38.0 Å². The lowest BCUT2D eigenvalue weighted by atomic mass is 9.78. The molecule has 0 spiro atoms. The zero-order valence-corrected chi connectivity index (χ0v) is 10.6. The van der Waals surface area contributed by atoms with Crippen LogP contribution in [0.5, 0.6) is 11.5 Å². The van der Waals surface area contributed by atoms with Gasteiger partial charge >= 0.3 is 0 Å². The molecule has 0 saturated heterocycles. The van der Waals surface area contributed by atoms with Crippen molar-refractivity contribution in [3.63, 3.8) is 0 Å². The Morgan fingerprint density at radius 3 is 2.47 bits per heavy atom. The molecule has 2 rings (SSSR count). The van der Waals surface area contributed by atoms with Gasteiger partial charge in [0.2, 0.25) is 0 Å². The average Bonchev–Trinajstić information content (AvgIpc) is 2.78. The molecule has 0 radical (unpaired) electrons. The van der Waals surface area contributed by atoms with Crippen LogP contribution in [0.3, 0.4) is 0 Å². The van der Waals surface area contributed by atoms with Gasteiger partial charge < -0.3 is 15.6 Å². The first-order chi connectivity index (χ1) is 8.13. The minimum atomic E-state index is 0.0640. The maximum Gasteiger partial charge on any atom is 0.163 e. The topological polar surface area (TPSA) is 55.5 Å². The smallest absolute Gasteiger partial charge is 0.163 e. The van der Waals surface area contributed by atoms with Gasteiger partial charge in [0.1, 0.15) is 0 Å². The van der Waals surface area contributed by atoms with Gasteiger partial charge in [-0.25, -0.2) is 0 Å². The molecule has 3 heteroatoms. The van der Waals surface area contributed by atoms with E-state index >= 15 is 0 Å². The first-order valence-corrected chi connectivity index (χ1v) is 6.21. The van der Waals surface area contributed by atoms with Crippen molar-refractivity contribution in [2.24, 2.45) is 5.73 Å². The van der Waals surface area contributed by atoms with E-state index in [2.05, 4.69) is 6.07 Å². The second-order valence-corrected chi connectivity index (χ2v) is 5.04. The number of ether oxygens (including phenoxy) is 1. The Kier molecular flexibility index (Phi) is 3.29. The fourth-order valence-electron chi connectivity index (χ4n) is 2.99. The lowest BCUT2D eigenvalue weighted by Gasteiger charge is -2.28. The van der Waals surface area contributed by atoms with Crippen molar-refractivity contribution >= 4 is 0 Å². The summed E-state index contributed by atoms with van der Waals surface area (Å²) in [6.45, 7) is 2.61. The van der Waals surface area contributed by atoms with E-state index in [1.54, 1.807) is 7.11 Å². The Hall–Kier alpha value is -1.22. The number of rotatable bonds is 3. The van der Waals surface area contributed by atoms with Crippen LogP contribution in [0.2, 0.25) is 0 Å². The van der Waals surface area contributed by atoms with E-state index in [0.29, 0.717) is 12.3 Å². The van der Waals surface area contributed by atoms with Gasteiger partial charge in [0.25, 0.3) is 0 Å². The minimum absolute atomic E-state index is 0.0640. The Labute approximate surface area is 103 Å². The van der Waals surface area contributed by atoms with Crippen LogP contribution in [0.15, 0.2) is 12.1 Å². The number of aryl methyl sites for hydroxylation is 1. The first-order valence-electron chi connectivity index (χ1n) is 6.21. The van der Waals surface area contributed by atoms with Gasteiger partial charge in [0, 0.05) is 12.0 Å². The molecular formula is C14H21NO2. The van der Waals surface area contributed by atoms with Crippen LogP contribution in [0.25, 0.3) is 0 Å². The third kappa shape index (κ3) is 2.00. The lowest BCUT2D eigenvalue weighted by Crippen LogP contribution is -2.32. The van der Waals surface area contributed by atoms with Crippen molar-refractivity contribution < 1.29 is 9.84 Å². The maximum atomic E-state index is 9.98. The van der Waals surface area contributed by atoms with Gasteiger partial charge in [-0.2, -0.15) is 0 Å². The Morgan fingerprint density at radius 1 is 1.35 bits per heavy atom. The zero-order valence-electron chi connectivity index (χ0n) is 10.6. The first kappa shape index (κ1) is 12.2. The van der Waals surface area contributed by atoms with Crippen LogP contribution in [0, 0.1) is 6.92 Å². The summed E-state index contributed by atoms with van der Waals surface area (Å²) in [5.41, 5.74) is 8.16. The molecule has 0 heterocycles. The fraction of sp³-hybridized carbons (Fsp3) is 0.571. The van der Waals surface area contributed by atoms with Crippen LogP contribution >= 0.6 is 0 Å². The van der Waals surface area contributed by atoms with Crippen LogP contribution in [-0.4, -0.2) is 18.8 Å². The molecule has 1 aliphatic rings. The van der Waals surface area contributed by atoms with Crippen LogP contribution in [0.1, 0.15) is 36.8 Å². The number of phenols is 1. The summed E-state index contributed by atoms with van der Waals surface area (Å²) < 4.78 is 5.18. The van der Waals surface area contributed by atoms with Crippen molar-refractivity contribution in [3.05, 3.63) is 23.3 Å². The molecule has 3 nitrogen and oxygen atoms in total. The summed E-state index contributed by atoms with van der Waals surface area (Å²) >= 11 is 0. The third-order valence-corrected chi connectivity index (χ3v) is 4.02. The predicted molar refractivity (Wildman–Crippen MR) is 68.6 cm³/mol. The fourth-order valence-corrected chi connectivity index (χ4v) is 2.99. The van der Waals surface area contributed by atoms with Crippen LogP contribution in [-0.2, 0) is 5.41 Å². The predicted octanol–water partition coefficient (Wildman–Crippen LogP) is 2.48. The largest absolute Gasteiger partial charge is 0.504 e. The van der Waals surface area contributed by atoms with Crippen LogP contribution in [0.4, 0.5) is 0 Å². The van der Waals surface area contributed by atoms with Gasteiger partial charge in [-0.3, -0.25) is 0 Å². The minimum Gasteiger partial charge on any atom is -0.504 e. The van der Waals surface area contributed by atoms with E-state index < -0.39 is 0 Å². The average molecular weight is 235 g/mol. The molecule has 0 bridgehead atoms. The van der Waals surface area contributed by atoms with Crippen molar-refractivity contribution in [1.29, 1.82) is 0 Å². The molecule has 1 aromatic carbocycles. The molecule has 17 heavy (non-hydrogen) atoms. The maximum absolute atomic E-state index is 9.98. The van der Waals surface area contributed by atoms with E-state index in [4.69, 9.17) is 10.5 Å². The Balaban J connectivity index is 2.45. The summed E-state index contributed by atoms with van der Waals surface area (Å²) in [5, 5.41) is 9.98. The lowest BCUT2D eigenvalue weighted by molar-refractivity contribution is 0.367. The highest BCUT2D eigenvalue weighted by atomic mass is 16.5. The van der Waals surface area contributed by atoms with Gasteiger partial charge in [-0.15, -0.1) is 0 Å². The van der Waals surface area contributed by atoms with Gasteiger partial charge in [0.15, 0.2) is 11.5 Å². The van der Waals surface area contributed by atoms with E-state index in [1.165, 1.54) is 12.8 Å². The molecule has 0 atom stereocenters.